The van der Waals surface area contributed by atoms with Crippen LogP contribution in [0.25, 0.3) is 88.3 Å². The lowest BCUT2D eigenvalue weighted by Gasteiger charge is -2.18. The highest BCUT2D eigenvalue weighted by Gasteiger charge is 2.26. The Hall–Kier alpha value is -6.18. The first-order valence-corrected chi connectivity index (χ1v) is 15.1. The third-order valence-electron chi connectivity index (χ3n) is 8.43. The van der Waals surface area contributed by atoms with Crippen molar-refractivity contribution < 1.29 is 22.2 Å². The van der Waals surface area contributed by atoms with Crippen molar-refractivity contribution in [3.8, 4) is 55.8 Å². The van der Waals surface area contributed by atoms with E-state index in [9.17, 15) is 5.48 Å². The van der Waals surface area contributed by atoms with Crippen LogP contribution in [0.4, 0.5) is 0 Å². The minimum atomic E-state index is -0.571. The molecule has 0 unspecified atom stereocenters. The molecule has 0 aliphatic carbocycles. The van der Waals surface area contributed by atoms with Gasteiger partial charge in [0, 0.05) is 27.6 Å². The summed E-state index contributed by atoms with van der Waals surface area (Å²) in [5, 5.41) is 0.307. The first kappa shape index (κ1) is 16.9. The molecule has 1 heterocycles. The number of fused-ring (bicyclic) bond motifs is 3. The molecule has 8 aromatic carbocycles. The molecule has 1 nitrogen and oxygen atoms in total. The minimum absolute atomic E-state index is 0.0215. The van der Waals surface area contributed by atoms with Gasteiger partial charge in [-0.15, -0.1) is 0 Å². The smallest absolute Gasteiger partial charge is 0.143 e. The standard InChI is InChI=1S/C46H30O/c1-4-17-31(18-5-1)34-23-10-15-28-40(34)46-44(41-30-16-29-35(45(41)47-46)32-19-6-2-7-20-32)43-38-26-13-11-24-36(38)42(33-21-8-3-9-22-33)37-25-12-14-27-39(37)43/h1-30H/i2D,6D,7D,11D,12D,13D,14D,19D,20D,24D,25D,26D,27D. The Bertz CT molecular complexity index is 3180. The summed E-state index contributed by atoms with van der Waals surface area (Å²) in [5.41, 5.74) is 3.02. The summed E-state index contributed by atoms with van der Waals surface area (Å²) in [6.07, 6.45) is 0. The molecule has 1 heteroatoms. The molecule has 0 aliphatic rings. The summed E-state index contributed by atoms with van der Waals surface area (Å²) in [5.74, 6) is 0.152. The van der Waals surface area contributed by atoms with Gasteiger partial charge in [-0.05, 0) is 49.4 Å². The van der Waals surface area contributed by atoms with Crippen LogP contribution in [0.2, 0.25) is 0 Å². The summed E-state index contributed by atoms with van der Waals surface area (Å²) in [6, 6.07) is 23.8. The van der Waals surface area contributed by atoms with Gasteiger partial charge in [0.2, 0.25) is 0 Å². The molecular formula is C46H30O. The van der Waals surface area contributed by atoms with E-state index in [-0.39, 0.29) is 60.7 Å². The maximum absolute atomic E-state index is 9.56. The number of rotatable bonds is 5. The van der Waals surface area contributed by atoms with E-state index in [1.165, 1.54) is 0 Å². The molecule has 47 heavy (non-hydrogen) atoms. The zero-order valence-corrected chi connectivity index (χ0v) is 24.7. The number of benzene rings is 8. The molecule has 0 aliphatic heterocycles. The summed E-state index contributed by atoms with van der Waals surface area (Å²) >= 11 is 0. The van der Waals surface area contributed by atoms with E-state index in [0.717, 1.165) is 5.56 Å². The SMILES string of the molecule is [2H]c1c([2H])c([2H])c(-c2cccc3c(-c4c5c([2H])c([2H])c([2H])c([2H])c5c(-c5ccccc5)c5c([2H])c([2H])c([2H])c([2H])c45)c(-c4ccccc4-c4ccccc4)oc23)c([2H])c1[2H]. The van der Waals surface area contributed by atoms with Gasteiger partial charge >= 0.3 is 0 Å². The summed E-state index contributed by atoms with van der Waals surface area (Å²) in [4.78, 5) is 0. The molecule has 0 saturated heterocycles. The number of hydrogen-bond donors (Lipinski definition) is 0. The van der Waals surface area contributed by atoms with E-state index < -0.39 is 78.6 Å². The quantitative estimate of drug-likeness (QED) is 0.176. The third kappa shape index (κ3) is 4.47. The maximum atomic E-state index is 9.56. The van der Waals surface area contributed by atoms with Crippen molar-refractivity contribution >= 4 is 32.5 Å². The van der Waals surface area contributed by atoms with Crippen LogP contribution in [-0.4, -0.2) is 0 Å². The summed E-state index contributed by atoms with van der Waals surface area (Å²) in [7, 11) is 0. The highest BCUT2D eigenvalue weighted by molar-refractivity contribution is 6.25. The minimum Gasteiger partial charge on any atom is -0.455 e. The highest BCUT2D eigenvalue weighted by Crippen LogP contribution is 2.51. The Morgan fingerprint density at radius 3 is 1.49 bits per heavy atom. The zero-order valence-electron chi connectivity index (χ0n) is 37.7. The van der Waals surface area contributed by atoms with Crippen molar-refractivity contribution in [1.82, 2.24) is 0 Å². The molecule has 220 valence electrons. The molecular weight excluding hydrogens is 569 g/mol. The van der Waals surface area contributed by atoms with Gasteiger partial charge in [-0.25, -0.2) is 0 Å². The van der Waals surface area contributed by atoms with Gasteiger partial charge in [0.05, 0.1) is 17.8 Å². The van der Waals surface area contributed by atoms with Gasteiger partial charge in [0.15, 0.2) is 0 Å². The van der Waals surface area contributed by atoms with Crippen molar-refractivity contribution in [1.29, 1.82) is 0 Å². The van der Waals surface area contributed by atoms with Gasteiger partial charge in [0.1, 0.15) is 11.3 Å². The first-order chi connectivity index (χ1) is 28.8. The fraction of sp³-hybridized carbons (Fsp3) is 0. The maximum Gasteiger partial charge on any atom is 0.143 e. The highest BCUT2D eigenvalue weighted by atomic mass is 16.3. The van der Waals surface area contributed by atoms with Crippen molar-refractivity contribution in [2.75, 3.05) is 0 Å². The second-order valence-corrected chi connectivity index (χ2v) is 11.0. The fourth-order valence-electron chi connectivity index (χ4n) is 6.46. The molecule has 0 fully saturated rings. The Balaban J connectivity index is 1.60. The van der Waals surface area contributed by atoms with Crippen LogP contribution in [0.3, 0.4) is 0 Å². The molecule has 9 rings (SSSR count). The number of hydrogen-bond acceptors (Lipinski definition) is 1. The van der Waals surface area contributed by atoms with Crippen LogP contribution in [-0.2, 0) is 0 Å². The normalized spacial score (nSPS) is 15.3. The van der Waals surface area contributed by atoms with Crippen LogP contribution in [0.15, 0.2) is 186 Å². The van der Waals surface area contributed by atoms with Crippen LogP contribution < -0.4 is 0 Å². The average Bonchev–Trinajstić information content (AvgIpc) is 3.66. The van der Waals surface area contributed by atoms with Crippen molar-refractivity contribution in [2.24, 2.45) is 0 Å². The van der Waals surface area contributed by atoms with E-state index in [0.29, 0.717) is 22.1 Å². The van der Waals surface area contributed by atoms with Crippen molar-refractivity contribution in [3.05, 3.63) is 182 Å². The van der Waals surface area contributed by atoms with Gasteiger partial charge in [0.25, 0.3) is 0 Å². The summed E-state index contributed by atoms with van der Waals surface area (Å²) in [6.45, 7) is 0. The lowest BCUT2D eigenvalue weighted by molar-refractivity contribution is 0.634. The van der Waals surface area contributed by atoms with Crippen LogP contribution >= 0.6 is 0 Å². The third-order valence-corrected chi connectivity index (χ3v) is 8.43. The van der Waals surface area contributed by atoms with Crippen molar-refractivity contribution in [2.45, 2.75) is 0 Å². The predicted molar refractivity (Wildman–Crippen MR) is 198 cm³/mol. The van der Waals surface area contributed by atoms with Gasteiger partial charge in [-0.1, -0.05) is 182 Å². The Morgan fingerprint density at radius 1 is 0.340 bits per heavy atom. The molecule has 1 aromatic heterocycles. The Kier molecular flexibility index (Phi) is 4.08. The molecule has 0 N–H and O–H groups in total. The predicted octanol–water partition coefficient (Wildman–Crippen LogP) is 13.1. The number of para-hydroxylation sites is 1. The molecule has 0 saturated carbocycles. The van der Waals surface area contributed by atoms with E-state index in [1.54, 1.807) is 60.7 Å². The second kappa shape index (κ2) is 11.3. The van der Waals surface area contributed by atoms with Gasteiger partial charge < -0.3 is 4.42 Å². The fourth-order valence-corrected chi connectivity index (χ4v) is 6.46. The molecule has 0 spiro atoms. The topological polar surface area (TPSA) is 13.1 Å². The zero-order chi connectivity index (χ0) is 42.5. The second-order valence-electron chi connectivity index (χ2n) is 11.0. The molecule has 9 aromatic rings. The van der Waals surface area contributed by atoms with E-state index in [4.69, 9.17) is 16.8 Å². The molecule has 0 radical (unpaired) electrons. The van der Waals surface area contributed by atoms with Crippen molar-refractivity contribution in [3.63, 3.8) is 0 Å². The monoisotopic (exact) mass is 611 g/mol. The van der Waals surface area contributed by atoms with Crippen LogP contribution in [0.1, 0.15) is 17.8 Å². The lowest BCUT2D eigenvalue weighted by Crippen LogP contribution is -1.92. The molecule has 0 amide bonds. The lowest BCUT2D eigenvalue weighted by atomic mass is 9.84. The van der Waals surface area contributed by atoms with Crippen LogP contribution in [0.5, 0.6) is 0 Å². The average molecular weight is 612 g/mol. The van der Waals surface area contributed by atoms with Crippen LogP contribution in [0, 0.1) is 0 Å². The molecule has 0 bridgehead atoms. The summed E-state index contributed by atoms with van der Waals surface area (Å²) < 4.78 is 124. The van der Waals surface area contributed by atoms with E-state index >= 15 is 0 Å². The van der Waals surface area contributed by atoms with E-state index in [1.807, 2.05) is 42.5 Å². The number of furan rings is 1. The Labute approximate surface area is 292 Å². The largest absolute Gasteiger partial charge is 0.455 e. The first-order valence-electron chi connectivity index (χ1n) is 21.6. The Morgan fingerprint density at radius 2 is 0.851 bits per heavy atom. The van der Waals surface area contributed by atoms with Gasteiger partial charge in [-0.2, -0.15) is 0 Å². The van der Waals surface area contributed by atoms with E-state index in [2.05, 4.69) is 0 Å². The molecule has 0 atom stereocenters. The van der Waals surface area contributed by atoms with Gasteiger partial charge in [-0.3, -0.25) is 0 Å².